The Hall–Kier alpha value is -2.10. The van der Waals surface area contributed by atoms with Crippen LogP contribution in [0.3, 0.4) is 0 Å². The number of benzene rings is 1. The fourth-order valence-corrected chi connectivity index (χ4v) is 1.96. The lowest BCUT2D eigenvalue weighted by atomic mass is 10.0. The van der Waals surface area contributed by atoms with E-state index in [1.165, 1.54) is 5.56 Å². The van der Waals surface area contributed by atoms with Gasteiger partial charge in [-0.1, -0.05) is 38.1 Å². The molecular formula is C16H20N2O2. The third-order valence-corrected chi connectivity index (χ3v) is 3.14. The van der Waals surface area contributed by atoms with E-state index in [1.54, 1.807) is 24.0 Å². The largest absolute Gasteiger partial charge is 0.462 e. The van der Waals surface area contributed by atoms with Gasteiger partial charge in [0.2, 0.25) is 0 Å². The fraction of sp³-hybridized carbons (Fsp3) is 0.375. The van der Waals surface area contributed by atoms with Gasteiger partial charge in [0, 0.05) is 6.20 Å². The van der Waals surface area contributed by atoms with Gasteiger partial charge in [0.25, 0.3) is 0 Å². The van der Waals surface area contributed by atoms with Crippen molar-refractivity contribution in [3.63, 3.8) is 0 Å². The molecule has 0 unspecified atom stereocenters. The molecule has 2 aromatic rings. The molecule has 1 heterocycles. The highest BCUT2D eigenvalue weighted by Gasteiger charge is 2.09. The molecule has 20 heavy (non-hydrogen) atoms. The normalized spacial score (nSPS) is 10.8. The molecule has 1 aromatic heterocycles. The Balaban J connectivity index is 2.05. The first-order chi connectivity index (χ1) is 9.60. The van der Waals surface area contributed by atoms with E-state index in [1.807, 2.05) is 0 Å². The van der Waals surface area contributed by atoms with Gasteiger partial charge >= 0.3 is 5.97 Å². The van der Waals surface area contributed by atoms with Gasteiger partial charge < -0.3 is 4.74 Å². The quantitative estimate of drug-likeness (QED) is 0.785. The predicted molar refractivity (Wildman–Crippen MR) is 77.8 cm³/mol. The summed E-state index contributed by atoms with van der Waals surface area (Å²) >= 11 is 0. The van der Waals surface area contributed by atoms with Gasteiger partial charge in [0.15, 0.2) is 0 Å². The third kappa shape index (κ3) is 3.47. The third-order valence-electron chi connectivity index (χ3n) is 3.14. The molecule has 0 saturated heterocycles. The summed E-state index contributed by atoms with van der Waals surface area (Å²) in [6.45, 7) is 7.17. The van der Waals surface area contributed by atoms with Crippen LogP contribution in [0.5, 0.6) is 0 Å². The van der Waals surface area contributed by atoms with Crippen molar-refractivity contribution < 1.29 is 9.53 Å². The minimum absolute atomic E-state index is 0.325. The predicted octanol–water partition coefficient (Wildman–Crippen LogP) is 3.23. The molecule has 0 radical (unpaired) electrons. The number of carbonyl (C=O) groups excluding carboxylic acids is 1. The SMILES string of the molecule is CCOC(=O)c1cnn(Cc2ccc(C(C)C)cc2)c1. The van der Waals surface area contributed by atoms with Crippen molar-refractivity contribution in [1.29, 1.82) is 0 Å². The first kappa shape index (κ1) is 14.3. The number of esters is 1. The molecule has 0 fully saturated rings. The Morgan fingerprint density at radius 3 is 2.60 bits per heavy atom. The lowest BCUT2D eigenvalue weighted by Crippen LogP contribution is -2.04. The lowest BCUT2D eigenvalue weighted by molar-refractivity contribution is 0.0526. The highest BCUT2D eigenvalue weighted by atomic mass is 16.5. The van der Waals surface area contributed by atoms with E-state index >= 15 is 0 Å². The first-order valence-electron chi connectivity index (χ1n) is 6.88. The summed E-state index contributed by atoms with van der Waals surface area (Å²) in [5.74, 6) is 0.207. The van der Waals surface area contributed by atoms with E-state index in [0.717, 1.165) is 5.56 Å². The van der Waals surface area contributed by atoms with Gasteiger partial charge in [-0.15, -0.1) is 0 Å². The van der Waals surface area contributed by atoms with Crippen LogP contribution in [0.2, 0.25) is 0 Å². The standard InChI is InChI=1S/C16H20N2O2/c1-4-20-16(19)15-9-17-18(11-15)10-13-5-7-14(8-6-13)12(2)3/h5-9,11-12H,4,10H2,1-3H3. The van der Waals surface area contributed by atoms with Gasteiger partial charge in [-0.3, -0.25) is 4.68 Å². The Kier molecular flexibility index (Phi) is 4.56. The number of nitrogens with zero attached hydrogens (tertiary/aromatic N) is 2. The molecule has 0 aliphatic heterocycles. The Morgan fingerprint density at radius 1 is 1.30 bits per heavy atom. The van der Waals surface area contributed by atoms with Crippen LogP contribution in [-0.2, 0) is 11.3 Å². The molecule has 4 nitrogen and oxygen atoms in total. The van der Waals surface area contributed by atoms with Crippen LogP contribution in [0.1, 0.15) is 48.2 Å². The molecule has 2 rings (SSSR count). The van der Waals surface area contributed by atoms with Crippen molar-refractivity contribution in [1.82, 2.24) is 9.78 Å². The van der Waals surface area contributed by atoms with Crippen LogP contribution < -0.4 is 0 Å². The summed E-state index contributed by atoms with van der Waals surface area (Å²) in [5.41, 5.74) is 2.97. The first-order valence-corrected chi connectivity index (χ1v) is 6.88. The molecule has 0 saturated carbocycles. The van der Waals surface area contributed by atoms with E-state index in [9.17, 15) is 4.79 Å². The topological polar surface area (TPSA) is 44.1 Å². The number of aromatic nitrogens is 2. The van der Waals surface area contributed by atoms with Crippen LogP contribution in [0.4, 0.5) is 0 Å². The van der Waals surface area contributed by atoms with Crippen LogP contribution in [0, 0.1) is 0 Å². The highest BCUT2D eigenvalue weighted by Crippen LogP contribution is 2.15. The lowest BCUT2D eigenvalue weighted by Gasteiger charge is -2.07. The van der Waals surface area contributed by atoms with Gasteiger partial charge in [-0.25, -0.2) is 4.79 Å². The minimum Gasteiger partial charge on any atom is -0.462 e. The zero-order valence-corrected chi connectivity index (χ0v) is 12.2. The van der Waals surface area contributed by atoms with E-state index in [-0.39, 0.29) is 5.97 Å². The fourth-order valence-electron chi connectivity index (χ4n) is 1.96. The molecule has 0 atom stereocenters. The minimum atomic E-state index is -0.325. The molecule has 106 valence electrons. The van der Waals surface area contributed by atoms with Crippen LogP contribution in [0.25, 0.3) is 0 Å². The second-order valence-electron chi connectivity index (χ2n) is 5.04. The van der Waals surface area contributed by atoms with Crippen molar-refractivity contribution in [2.75, 3.05) is 6.61 Å². The zero-order chi connectivity index (χ0) is 14.5. The average Bonchev–Trinajstić information content (AvgIpc) is 2.88. The van der Waals surface area contributed by atoms with Crippen LogP contribution in [0.15, 0.2) is 36.7 Å². The average molecular weight is 272 g/mol. The van der Waals surface area contributed by atoms with Gasteiger partial charge in [0.1, 0.15) is 0 Å². The molecule has 0 aliphatic carbocycles. The molecule has 1 aromatic carbocycles. The highest BCUT2D eigenvalue weighted by molar-refractivity contribution is 5.88. The molecule has 0 spiro atoms. The number of rotatable bonds is 5. The maximum Gasteiger partial charge on any atom is 0.341 e. The summed E-state index contributed by atoms with van der Waals surface area (Å²) in [4.78, 5) is 11.6. The molecule has 0 aliphatic rings. The number of hydrogen-bond acceptors (Lipinski definition) is 3. The van der Waals surface area contributed by atoms with Crippen molar-refractivity contribution in [2.45, 2.75) is 33.2 Å². The number of carbonyl (C=O) groups is 1. The van der Waals surface area contributed by atoms with Crippen molar-refractivity contribution in [2.24, 2.45) is 0 Å². The number of hydrogen-bond donors (Lipinski definition) is 0. The smallest absolute Gasteiger partial charge is 0.341 e. The second-order valence-corrected chi connectivity index (χ2v) is 5.04. The van der Waals surface area contributed by atoms with E-state index in [2.05, 4.69) is 43.2 Å². The summed E-state index contributed by atoms with van der Waals surface area (Å²) < 4.78 is 6.69. The second kappa shape index (κ2) is 6.37. The molecule has 0 amide bonds. The van der Waals surface area contributed by atoms with Crippen molar-refractivity contribution in [3.05, 3.63) is 53.3 Å². The zero-order valence-electron chi connectivity index (χ0n) is 12.2. The summed E-state index contributed by atoms with van der Waals surface area (Å²) in [6, 6.07) is 8.47. The van der Waals surface area contributed by atoms with Crippen LogP contribution in [-0.4, -0.2) is 22.4 Å². The molecule has 0 bridgehead atoms. The van der Waals surface area contributed by atoms with Crippen molar-refractivity contribution in [3.8, 4) is 0 Å². The van der Waals surface area contributed by atoms with Crippen molar-refractivity contribution >= 4 is 5.97 Å². The Bertz CT molecular complexity index is 570. The van der Waals surface area contributed by atoms with E-state index in [0.29, 0.717) is 24.6 Å². The monoisotopic (exact) mass is 272 g/mol. The molecule has 0 N–H and O–H groups in total. The molecular weight excluding hydrogens is 252 g/mol. The van der Waals surface area contributed by atoms with E-state index < -0.39 is 0 Å². The number of ether oxygens (including phenoxy) is 1. The maximum absolute atomic E-state index is 11.6. The maximum atomic E-state index is 11.6. The Morgan fingerprint density at radius 2 is 2.00 bits per heavy atom. The Labute approximate surface area is 119 Å². The van der Waals surface area contributed by atoms with Gasteiger partial charge in [-0.05, 0) is 24.0 Å². The van der Waals surface area contributed by atoms with Gasteiger partial charge in [0.05, 0.1) is 24.9 Å². The summed E-state index contributed by atoms with van der Waals surface area (Å²) in [5, 5.41) is 4.19. The van der Waals surface area contributed by atoms with Crippen LogP contribution >= 0.6 is 0 Å². The summed E-state index contributed by atoms with van der Waals surface area (Å²) in [6.07, 6.45) is 3.26. The van der Waals surface area contributed by atoms with Gasteiger partial charge in [-0.2, -0.15) is 5.10 Å². The summed E-state index contributed by atoms with van der Waals surface area (Å²) in [7, 11) is 0. The van der Waals surface area contributed by atoms with E-state index in [4.69, 9.17) is 4.74 Å². The molecule has 4 heteroatoms.